The lowest BCUT2D eigenvalue weighted by Gasteiger charge is -2.26. The Labute approximate surface area is 94.7 Å². The Kier molecular flexibility index (Phi) is 3.52. The summed E-state index contributed by atoms with van der Waals surface area (Å²) in [5, 5.41) is 1.87. The van der Waals surface area contributed by atoms with Crippen LogP contribution in [0, 0.1) is 11.8 Å². The highest BCUT2D eigenvalue weighted by atomic mass is 32.1. The van der Waals surface area contributed by atoms with Crippen LogP contribution in [0.25, 0.3) is 0 Å². The summed E-state index contributed by atoms with van der Waals surface area (Å²) >= 11 is 1.51. The van der Waals surface area contributed by atoms with Crippen LogP contribution >= 0.6 is 11.3 Å². The molecule has 15 heavy (non-hydrogen) atoms. The van der Waals surface area contributed by atoms with Crippen LogP contribution in [0.15, 0.2) is 10.9 Å². The standard InChI is InChI=1S/C12H17NOS/c1-2-9-3-5-10(6-4-9)12(14)11-7-15-8-13-11/h7-10H,2-6H2,1H3. The molecule has 1 fully saturated rings. The molecule has 0 amide bonds. The number of thiazole rings is 1. The number of rotatable bonds is 3. The first-order chi connectivity index (χ1) is 7.31. The van der Waals surface area contributed by atoms with E-state index in [1.54, 1.807) is 5.51 Å². The van der Waals surface area contributed by atoms with E-state index in [0.717, 1.165) is 18.8 Å². The van der Waals surface area contributed by atoms with Crippen molar-refractivity contribution in [3.8, 4) is 0 Å². The third-order valence-electron chi connectivity index (χ3n) is 3.48. The molecule has 2 rings (SSSR count). The van der Waals surface area contributed by atoms with Crippen molar-refractivity contribution in [1.82, 2.24) is 4.98 Å². The highest BCUT2D eigenvalue weighted by Crippen LogP contribution is 2.32. The Morgan fingerprint density at radius 1 is 1.47 bits per heavy atom. The third-order valence-corrected chi connectivity index (χ3v) is 4.07. The predicted octanol–water partition coefficient (Wildman–Crippen LogP) is 3.54. The van der Waals surface area contributed by atoms with Crippen LogP contribution < -0.4 is 0 Å². The Bertz CT molecular complexity index is 312. The molecule has 0 spiro atoms. The van der Waals surface area contributed by atoms with Gasteiger partial charge in [-0.25, -0.2) is 4.98 Å². The number of hydrogen-bond donors (Lipinski definition) is 0. The van der Waals surface area contributed by atoms with E-state index in [2.05, 4.69) is 11.9 Å². The summed E-state index contributed by atoms with van der Waals surface area (Å²) in [6.07, 6.45) is 5.83. The van der Waals surface area contributed by atoms with Gasteiger partial charge in [0.05, 0.1) is 5.51 Å². The zero-order valence-corrected chi connectivity index (χ0v) is 9.93. The average Bonchev–Trinajstić information content (AvgIpc) is 2.82. The van der Waals surface area contributed by atoms with Gasteiger partial charge in [0.25, 0.3) is 0 Å². The molecule has 0 bridgehead atoms. The molecule has 1 aromatic rings. The number of Topliss-reactive ketones (excluding diaryl/α,β-unsaturated/α-hetero) is 1. The Morgan fingerprint density at radius 2 is 2.20 bits per heavy atom. The number of ketones is 1. The summed E-state index contributed by atoms with van der Waals surface area (Å²) in [5.41, 5.74) is 2.42. The zero-order chi connectivity index (χ0) is 10.7. The van der Waals surface area contributed by atoms with E-state index in [4.69, 9.17) is 0 Å². The molecule has 0 atom stereocenters. The van der Waals surface area contributed by atoms with Crippen LogP contribution in [0.3, 0.4) is 0 Å². The van der Waals surface area contributed by atoms with Crippen molar-refractivity contribution in [2.24, 2.45) is 11.8 Å². The van der Waals surface area contributed by atoms with E-state index in [0.29, 0.717) is 5.69 Å². The van der Waals surface area contributed by atoms with E-state index in [-0.39, 0.29) is 11.7 Å². The minimum atomic E-state index is 0.245. The molecule has 1 heterocycles. The molecule has 0 unspecified atom stereocenters. The molecule has 0 aromatic carbocycles. The maximum atomic E-state index is 12.0. The minimum absolute atomic E-state index is 0.245. The highest BCUT2D eigenvalue weighted by molar-refractivity contribution is 7.07. The summed E-state index contributed by atoms with van der Waals surface area (Å²) < 4.78 is 0. The smallest absolute Gasteiger partial charge is 0.185 e. The SMILES string of the molecule is CCC1CCC(C(=O)c2cscn2)CC1. The quantitative estimate of drug-likeness (QED) is 0.734. The van der Waals surface area contributed by atoms with Crippen molar-refractivity contribution in [3.63, 3.8) is 0 Å². The maximum Gasteiger partial charge on any atom is 0.185 e. The fourth-order valence-electron chi connectivity index (χ4n) is 2.38. The normalized spacial score (nSPS) is 26.5. The van der Waals surface area contributed by atoms with E-state index < -0.39 is 0 Å². The number of nitrogens with zero attached hydrogens (tertiary/aromatic N) is 1. The lowest BCUT2D eigenvalue weighted by Crippen LogP contribution is -2.21. The van der Waals surface area contributed by atoms with Crippen molar-refractivity contribution in [2.75, 3.05) is 0 Å². The second-order valence-electron chi connectivity index (χ2n) is 4.36. The summed E-state index contributed by atoms with van der Waals surface area (Å²) in [5.74, 6) is 1.37. The molecule has 0 aliphatic heterocycles. The van der Waals surface area contributed by atoms with Crippen LogP contribution in [0.4, 0.5) is 0 Å². The summed E-state index contributed by atoms with van der Waals surface area (Å²) in [7, 11) is 0. The van der Waals surface area contributed by atoms with Gasteiger partial charge in [0.2, 0.25) is 0 Å². The lowest BCUT2D eigenvalue weighted by molar-refractivity contribution is 0.0866. The molecular weight excluding hydrogens is 206 g/mol. The number of hydrogen-bond acceptors (Lipinski definition) is 3. The van der Waals surface area contributed by atoms with Crippen LogP contribution in [0.2, 0.25) is 0 Å². The fourth-order valence-corrected chi connectivity index (χ4v) is 2.92. The van der Waals surface area contributed by atoms with Gasteiger partial charge in [-0.1, -0.05) is 13.3 Å². The van der Waals surface area contributed by atoms with Crippen molar-refractivity contribution in [2.45, 2.75) is 39.0 Å². The third kappa shape index (κ3) is 2.46. The fraction of sp³-hybridized carbons (Fsp3) is 0.667. The van der Waals surface area contributed by atoms with Gasteiger partial charge in [0, 0.05) is 11.3 Å². The molecule has 1 saturated carbocycles. The Balaban J connectivity index is 1.93. The summed E-state index contributed by atoms with van der Waals surface area (Å²) in [4.78, 5) is 16.1. The van der Waals surface area contributed by atoms with E-state index >= 15 is 0 Å². The van der Waals surface area contributed by atoms with Gasteiger partial charge in [-0.2, -0.15) is 0 Å². The van der Waals surface area contributed by atoms with Crippen molar-refractivity contribution < 1.29 is 4.79 Å². The largest absolute Gasteiger partial charge is 0.292 e. The molecule has 1 aromatic heterocycles. The number of aromatic nitrogens is 1. The van der Waals surface area contributed by atoms with Crippen molar-refractivity contribution in [3.05, 3.63) is 16.6 Å². The molecule has 1 aliphatic rings. The topological polar surface area (TPSA) is 30.0 Å². The van der Waals surface area contributed by atoms with Crippen LogP contribution in [0.5, 0.6) is 0 Å². The first kappa shape index (κ1) is 10.8. The van der Waals surface area contributed by atoms with Gasteiger partial charge in [-0.3, -0.25) is 4.79 Å². The van der Waals surface area contributed by atoms with Crippen molar-refractivity contribution >= 4 is 17.1 Å². The van der Waals surface area contributed by atoms with Gasteiger partial charge < -0.3 is 0 Å². The van der Waals surface area contributed by atoms with Crippen molar-refractivity contribution in [1.29, 1.82) is 0 Å². The molecule has 82 valence electrons. The lowest BCUT2D eigenvalue weighted by atomic mass is 9.78. The van der Waals surface area contributed by atoms with Gasteiger partial charge in [-0.15, -0.1) is 11.3 Å². The maximum absolute atomic E-state index is 12.0. The predicted molar refractivity (Wildman–Crippen MR) is 62.2 cm³/mol. The summed E-state index contributed by atoms with van der Waals surface area (Å²) in [6, 6.07) is 0. The number of carbonyl (C=O) groups excluding carboxylic acids is 1. The molecule has 3 heteroatoms. The molecule has 0 radical (unpaired) electrons. The van der Waals surface area contributed by atoms with Crippen LogP contribution in [-0.2, 0) is 0 Å². The Morgan fingerprint density at radius 3 is 2.73 bits per heavy atom. The molecule has 1 aliphatic carbocycles. The van der Waals surface area contributed by atoms with Crippen LogP contribution in [0.1, 0.15) is 49.5 Å². The first-order valence-electron chi connectivity index (χ1n) is 5.73. The number of carbonyl (C=O) groups is 1. The molecule has 2 nitrogen and oxygen atoms in total. The van der Waals surface area contributed by atoms with E-state index in [1.807, 2.05) is 5.38 Å². The van der Waals surface area contributed by atoms with Gasteiger partial charge in [-0.05, 0) is 31.6 Å². The second-order valence-corrected chi connectivity index (χ2v) is 5.08. The zero-order valence-electron chi connectivity index (χ0n) is 9.11. The Hall–Kier alpha value is -0.700. The first-order valence-corrected chi connectivity index (χ1v) is 6.68. The second kappa shape index (κ2) is 4.88. The minimum Gasteiger partial charge on any atom is -0.292 e. The van der Waals surface area contributed by atoms with Gasteiger partial charge in [0.1, 0.15) is 5.69 Å². The highest BCUT2D eigenvalue weighted by Gasteiger charge is 2.26. The van der Waals surface area contributed by atoms with E-state index in [9.17, 15) is 4.79 Å². The van der Waals surface area contributed by atoms with E-state index in [1.165, 1.54) is 30.6 Å². The average molecular weight is 223 g/mol. The molecule has 0 N–H and O–H groups in total. The molecular formula is C12H17NOS. The van der Waals surface area contributed by atoms with Gasteiger partial charge in [0.15, 0.2) is 5.78 Å². The monoisotopic (exact) mass is 223 g/mol. The summed E-state index contributed by atoms with van der Waals surface area (Å²) in [6.45, 7) is 2.24. The van der Waals surface area contributed by atoms with Gasteiger partial charge >= 0.3 is 0 Å². The van der Waals surface area contributed by atoms with Crippen LogP contribution in [-0.4, -0.2) is 10.8 Å². The molecule has 0 saturated heterocycles.